The Morgan fingerprint density at radius 1 is 1.05 bits per heavy atom. The third kappa shape index (κ3) is 3.25. The van der Waals surface area contributed by atoms with Gasteiger partial charge in [0, 0.05) is 6.54 Å². The molecular weight excluding hydrogens is 384 g/mol. The van der Waals surface area contributed by atoms with Gasteiger partial charge in [-0.25, -0.2) is 8.78 Å². The minimum Gasteiger partial charge on any atom is -0.506 e. The zero-order chi connectivity index (χ0) is 14.0. The van der Waals surface area contributed by atoms with Gasteiger partial charge in [-0.3, -0.25) is 0 Å². The van der Waals surface area contributed by atoms with Crippen LogP contribution in [0.5, 0.6) is 5.75 Å². The second-order valence-corrected chi connectivity index (χ2v) is 5.57. The molecule has 6 heteroatoms. The van der Waals surface area contributed by atoms with Crippen LogP contribution in [0.25, 0.3) is 0 Å². The highest BCUT2D eigenvalue weighted by molar-refractivity contribution is 9.11. The van der Waals surface area contributed by atoms with Gasteiger partial charge >= 0.3 is 0 Å². The van der Waals surface area contributed by atoms with E-state index in [2.05, 4.69) is 37.2 Å². The predicted molar refractivity (Wildman–Crippen MR) is 77.2 cm³/mol. The van der Waals surface area contributed by atoms with Gasteiger partial charge in [0.25, 0.3) is 0 Å². The summed E-state index contributed by atoms with van der Waals surface area (Å²) in [6.07, 6.45) is 0. The van der Waals surface area contributed by atoms with Gasteiger partial charge in [-0.05, 0) is 61.7 Å². The molecule has 0 radical (unpaired) electrons. The fraction of sp³-hybridized carbons (Fsp3) is 0.0769. The van der Waals surface area contributed by atoms with Crippen molar-refractivity contribution >= 4 is 37.5 Å². The standard InChI is InChI=1S/C13H9Br2F2NO/c14-8-4-7(5-9(15)13(8)19)6-18-12-10(16)2-1-3-11(12)17/h1-5,18-19H,6H2. The van der Waals surface area contributed by atoms with E-state index in [4.69, 9.17) is 0 Å². The summed E-state index contributed by atoms with van der Waals surface area (Å²) in [6, 6.07) is 7.03. The largest absolute Gasteiger partial charge is 0.506 e. The van der Waals surface area contributed by atoms with E-state index in [0.717, 1.165) is 5.56 Å². The molecule has 2 aromatic rings. The smallest absolute Gasteiger partial charge is 0.149 e. The molecule has 2 N–H and O–H groups in total. The van der Waals surface area contributed by atoms with E-state index in [1.165, 1.54) is 18.2 Å². The van der Waals surface area contributed by atoms with Crippen LogP contribution in [0.4, 0.5) is 14.5 Å². The maximum absolute atomic E-state index is 13.4. The number of aromatic hydroxyl groups is 1. The van der Waals surface area contributed by atoms with E-state index < -0.39 is 11.6 Å². The molecule has 0 atom stereocenters. The van der Waals surface area contributed by atoms with E-state index in [9.17, 15) is 13.9 Å². The molecule has 2 aromatic carbocycles. The number of phenolic OH excluding ortho intramolecular Hbond substituents is 1. The molecule has 0 saturated carbocycles. The van der Waals surface area contributed by atoms with Crippen molar-refractivity contribution in [2.45, 2.75) is 6.54 Å². The maximum Gasteiger partial charge on any atom is 0.149 e. The number of benzene rings is 2. The Hall–Kier alpha value is -1.14. The summed E-state index contributed by atoms with van der Waals surface area (Å²) in [7, 11) is 0. The van der Waals surface area contributed by atoms with Gasteiger partial charge < -0.3 is 10.4 Å². The van der Waals surface area contributed by atoms with Crippen LogP contribution < -0.4 is 5.32 Å². The van der Waals surface area contributed by atoms with Crippen LogP contribution >= 0.6 is 31.9 Å². The van der Waals surface area contributed by atoms with Crippen LogP contribution in [-0.4, -0.2) is 5.11 Å². The van der Waals surface area contributed by atoms with Gasteiger partial charge in [0.15, 0.2) is 0 Å². The number of phenols is 1. The third-order valence-electron chi connectivity index (χ3n) is 2.51. The topological polar surface area (TPSA) is 32.3 Å². The summed E-state index contributed by atoms with van der Waals surface area (Å²) in [5.74, 6) is -1.20. The fourth-order valence-electron chi connectivity index (χ4n) is 1.58. The number of anilines is 1. The average Bonchev–Trinajstić information content (AvgIpc) is 2.35. The fourth-order valence-corrected chi connectivity index (χ4v) is 2.86. The lowest BCUT2D eigenvalue weighted by Gasteiger charge is -2.10. The normalized spacial score (nSPS) is 10.5. The lowest BCUT2D eigenvalue weighted by atomic mass is 10.2. The monoisotopic (exact) mass is 391 g/mol. The molecule has 2 nitrogen and oxygen atoms in total. The molecule has 0 amide bonds. The highest BCUT2D eigenvalue weighted by Crippen LogP contribution is 2.33. The molecule has 0 heterocycles. The SMILES string of the molecule is Oc1c(Br)cc(CNc2c(F)cccc2F)cc1Br. The molecule has 0 bridgehead atoms. The van der Waals surface area contributed by atoms with Gasteiger partial charge in [0.05, 0.1) is 8.95 Å². The Labute approximate surface area is 125 Å². The predicted octanol–water partition coefficient (Wildman–Crippen LogP) is 4.81. The van der Waals surface area contributed by atoms with Gasteiger partial charge in [-0.2, -0.15) is 0 Å². The first kappa shape index (κ1) is 14.3. The van der Waals surface area contributed by atoms with E-state index in [-0.39, 0.29) is 18.0 Å². The molecule has 0 aliphatic carbocycles. The summed E-state index contributed by atoms with van der Waals surface area (Å²) in [5, 5.41) is 12.3. The second-order valence-electron chi connectivity index (χ2n) is 3.86. The lowest BCUT2D eigenvalue weighted by Crippen LogP contribution is -2.03. The Balaban J connectivity index is 2.19. The second kappa shape index (κ2) is 5.88. The highest BCUT2D eigenvalue weighted by Gasteiger charge is 2.09. The van der Waals surface area contributed by atoms with Crippen molar-refractivity contribution in [1.82, 2.24) is 0 Å². The number of halogens is 4. The molecule has 19 heavy (non-hydrogen) atoms. The van der Waals surface area contributed by atoms with Crippen molar-refractivity contribution in [1.29, 1.82) is 0 Å². The Bertz CT molecular complexity index is 576. The van der Waals surface area contributed by atoms with Crippen LogP contribution in [0.3, 0.4) is 0 Å². The van der Waals surface area contributed by atoms with E-state index >= 15 is 0 Å². The first-order valence-corrected chi connectivity index (χ1v) is 6.92. The summed E-state index contributed by atoms with van der Waals surface area (Å²) in [5.41, 5.74) is 0.599. The molecule has 0 spiro atoms. The Morgan fingerprint density at radius 2 is 1.58 bits per heavy atom. The van der Waals surface area contributed by atoms with E-state index in [0.29, 0.717) is 8.95 Å². The van der Waals surface area contributed by atoms with Gasteiger partial charge in [-0.15, -0.1) is 0 Å². The summed E-state index contributed by atoms with van der Waals surface area (Å²) < 4.78 is 27.8. The summed E-state index contributed by atoms with van der Waals surface area (Å²) in [6.45, 7) is 0.231. The molecule has 0 saturated heterocycles. The molecule has 0 aromatic heterocycles. The summed E-state index contributed by atoms with van der Waals surface area (Å²) in [4.78, 5) is 0. The van der Waals surface area contributed by atoms with Crippen molar-refractivity contribution < 1.29 is 13.9 Å². The molecule has 0 unspecified atom stereocenters. The maximum atomic E-state index is 13.4. The third-order valence-corrected chi connectivity index (χ3v) is 3.72. The van der Waals surface area contributed by atoms with Crippen molar-refractivity contribution in [3.8, 4) is 5.75 Å². The first-order valence-electron chi connectivity index (χ1n) is 5.34. The van der Waals surface area contributed by atoms with Crippen LogP contribution in [0.2, 0.25) is 0 Å². The van der Waals surface area contributed by atoms with Gasteiger partial charge in [-0.1, -0.05) is 6.07 Å². The highest BCUT2D eigenvalue weighted by atomic mass is 79.9. The van der Waals surface area contributed by atoms with Crippen LogP contribution in [0.15, 0.2) is 39.3 Å². The van der Waals surface area contributed by atoms with E-state index in [1.807, 2.05) is 0 Å². The summed E-state index contributed by atoms with van der Waals surface area (Å²) >= 11 is 6.39. The molecule has 0 fully saturated rings. The van der Waals surface area contributed by atoms with E-state index in [1.54, 1.807) is 12.1 Å². The number of hydrogen-bond donors (Lipinski definition) is 2. The zero-order valence-electron chi connectivity index (χ0n) is 9.55. The van der Waals surface area contributed by atoms with Gasteiger partial charge in [0.1, 0.15) is 23.1 Å². The van der Waals surface area contributed by atoms with Crippen molar-refractivity contribution in [2.75, 3.05) is 5.32 Å². The average molecular weight is 393 g/mol. The molecular formula is C13H9Br2F2NO. The van der Waals surface area contributed by atoms with Gasteiger partial charge in [0.2, 0.25) is 0 Å². The lowest BCUT2D eigenvalue weighted by molar-refractivity contribution is 0.468. The van der Waals surface area contributed by atoms with Crippen LogP contribution in [0.1, 0.15) is 5.56 Å². The Kier molecular flexibility index (Phi) is 4.42. The number of hydrogen-bond acceptors (Lipinski definition) is 2. The molecule has 0 aliphatic heterocycles. The minimum atomic E-state index is -0.642. The Morgan fingerprint density at radius 3 is 2.11 bits per heavy atom. The number of nitrogens with one attached hydrogen (secondary N) is 1. The van der Waals surface area contributed by atoms with Crippen LogP contribution in [0, 0.1) is 11.6 Å². The number of para-hydroxylation sites is 1. The van der Waals surface area contributed by atoms with Crippen molar-refractivity contribution in [2.24, 2.45) is 0 Å². The van der Waals surface area contributed by atoms with Crippen molar-refractivity contribution in [3.63, 3.8) is 0 Å². The molecule has 2 rings (SSSR count). The minimum absolute atomic E-state index is 0.0841. The van der Waals surface area contributed by atoms with Crippen LogP contribution in [-0.2, 0) is 6.54 Å². The molecule has 100 valence electrons. The quantitative estimate of drug-likeness (QED) is 0.785. The first-order chi connectivity index (χ1) is 8.99. The zero-order valence-corrected chi connectivity index (χ0v) is 12.7. The molecule has 0 aliphatic rings. The number of rotatable bonds is 3. The van der Waals surface area contributed by atoms with Crippen molar-refractivity contribution in [3.05, 3.63) is 56.5 Å².